The Morgan fingerprint density at radius 1 is 0.440 bits per heavy atom. The number of nitrogens with zero attached hydrogens (tertiary/aromatic N) is 10. The first-order valence-corrected chi connectivity index (χ1v) is 38.9. The third-order valence-corrected chi connectivity index (χ3v) is 23.0. The Kier molecular flexibility index (Phi) is 24.4. The van der Waals surface area contributed by atoms with Gasteiger partial charge in [-0.15, -0.1) is 0 Å². The third-order valence-electron chi connectivity index (χ3n) is 22.3. The van der Waals surface area contributed by atoms with Crippen molar-refractivity contribution < 1.29 is 43.4 Å². The molecule has 16 rings (SSSR count). The number of rotatable bonds is 14. The molecule has 12 heterocycles. The number of aromatic nitrogens is 4. The summed E-state index contributed by atoms with van der Waals surface area (Å²) in [6.45, 7) is 11.2. The number of carbonyl (C=O) groups is 4. The number of nitrogens with two attached hydrogens (primary N) is 1. The summed E-state index contributed by atoms with van der Waals surface area (Å²) in [6.07, 6.45) is 24.8. The maximum absolute atomic E-state index is 13.1. The molecule has 0 spiro atoms. The molecule has 4 amide bonds. The van der Waals surface area contributed by atoms with Crippen LogP contribution in [0.1, 0.15) is 181 Å². The van der Waals surface area contributed by atoms with Gasteiger partial charge in [0.15, 0.2) is 0 Å². The summed E-state index contributed by atoms with van der Waals surface area (Å²) in [6, 6.07) is 32.4. The van der Waals surface area contributed by atoms with Crippen molar-refractivity contribution in [2.24, 2.45) is 0 Å². The summed E-state index contributed by atoms with van der Waals surface area (Å²) >= 11 is 17.4. The molecule has 2 saturated carbocycles. The van der Waals surface area contributed by atoms with E-state index in [-0.39, 0.29) is 87.9 Å². The third kappa shape index (κ3) is 20.0. The lowest BCUT2D eigenvalue weighted by atomic mass is 9.92. The van der Waals surface area contributed by atoms with E-state index in [1.165, 1.54) is 49.5 Å². The Balaban J connectivity index is 0.000000132. The molecule has 8 bridgehead atoms. The second kappa shape index (κ2) is 33.5. The molecular formula is C78H97Cl3N16O12. The summed E-state index contributed by atoms with van der Waals surface area (Å²) in [4.78, 5) is 104. The quantitative estimate of drug-likeness (QED) is 0.0335. The number of halogens is 3. The molecule has 8 atom stereocenters. The first kappa shape index (κ1) is 79.3. The number of hydrogen-bond acceptors (Lipinski definition) is 21. The van der Waals surface area contributed by atoms with Crippen molar-refractivity contribution in [2.75, 3.05) is 20.4 Å². The van der Waals surface area contributed by atoms with Crippen molar-refractivity contribution in [3.05, 3.63) is 179 Å². The predicted octanol–water partition coefficient (Wildman–Crippen LogP) is 14.1. The predicted molar refractivity (Wildman–Crippen MR) is 416 cm³/mol. The number of fused-ring (bicyclic) bond motifs is 8. The zero-order chi connectivity index (χ0) is 77.7. The van der Waals surface area contributed by atoms with Crippen molar-refractivity contribution in [1.82, 2.24) is 46.5 Å². The Morgan fingerprint density at radius 3 is 1.04 bits per heavy atom. The zero-order valence-corrected chi connectivity index (χ0v) is 64.5. The van der Waals surface area contributed by atoms with Gasteiger partial charge in [0, 0.05) is 101 Å². The summed E-state index contributed by atoms with van der Waals surface area (Å²) in [5.41, 5.74) is 6.89. The van der Waals surface area contributed by atoms with Gasteiger partial charge in [-0.2, -0.15) is 0 Å². The highest BCUT2D eigenvalue weighted by Crippen LogP contribution is 2.51. The van der Waals surface area contributed by atoms with Crippen molar-refractivity contribution in [1.29, 1.82) is 0 Å². The lowest BCUT2D eigenvalue weighted by molar-refractivity contribution is -0.385. The van der Waals surface area contributed by atoms with E-state index in [9.17, 15) is 49.5 Å². The number of nitro groups is 3. The Hall–Kier alpha value is -9.25. The lowest BCUT2D eigenvalue weighted by Gasteiger charge is -2.40. The fourth-order valence-corrected chi connectivity index (χ4v) is 17.5. The molecule has 28 nitrogen and oxygen atoms in total. The van der Waals surface area contributed by atoms with E-state index < -0.39 is 31.4 Å². The second-order valence-corrected chi connectivity index (χ2v) is 33.7. The van der Waals surface area contributed by atoms with E-state index in [0.717, 1.165) is 150 Å². The Morgan fingerprint density at radius 2 is 0.752 bits per heavy atom. The van der Waals surface area contributed by atoms with Crippen LogP contribution in [-0.2, 0) is 29.9 Å². The van der Waals surface area contributed by atoms with Crippen LogP contribution in [0.4, 0.5) is 49.8 Å². The molecule has 4 aromatic heterocycles. The van der Waals surface area contributed by atoms with E-state index in [4.69, 9.17) is 50.0 Å². The van der Waals surface area contributed by atoms with Gasteiger partial charge in [-0.1, -0.05) is 59.1 Å². The van der Waals surface area contributed by atoms with Gasteiger partial charge >= 0.3 is 12.2 Å². The van der Waals surface area contributed by atoms with E-state index in [2.05, 4.69) is 61.2 Å². The minimum absolute atomic E-state index is 0.00225. The highest BCUT2D eigenvalue weighted by atomic mass is 35.5. The number of benzene rings is 2. The zero-order valence-electron chi connectivity index (χ0n) is 62.2. The molecule has 8 aliphatic heterocycles. The molecule has 6 aromatic rings. The van der Waals surface area contributed by atoms with Crippen LogP contribution in [0.5, 0.6) is 0 Å². The van der Waals surface area contributed by atoms with Crippen molar-refractivity contribution in [2.45, 2.75) is 264 Å². The molecule has 8 saturated heterocycles. The van der Waals surface area contributed by atoms with E-state index >= 15 is 0 Å². The van der Waals surface area contributed by atoms with Crippen LogP contribution in [-0.4, -0.2) is 142 Å². The van der Waals surface area contributed by atoms with E-state index in [1.807, 2.05) is 102 Å². The number of ether oxygens (including phenoxy) is 2. The van der Waals surface area contributed by atoms with E-state index in [0.29, 0.717) is 52.0 Å². The normalized spacial score (nSPS) is 25.9. The largest absolute Gasteiger partial charge is 0.444 e. The van der Waals surface area contributed by atoms with Crippen molar-refractivity contribution in [3.63, 3.8) is 0 Å². The van der Waals surface area contributed by atoms with Gasteiger partial charge in [0.05, 0.1) is 37.5 Å². The smallest absolute Gasteiger partial charge is 0.407 e. The van der Waals surface area contributed by atoms with Crippen LogP contribution >= 0.6 is 34.8 Å². The molecule has 10 fully saturated rings. The minimum Gasteiger partial charge on any atom is -0.444 e. The van der Waals surface area contributed by atoms with Gasteiger partial charge in [0.1, 0.15) is 52.4 Å². The molecular weight excluding hydrogens is 1460 g/mol. The first-order valence-electron chi connectivity index (χ1n) is 37.8. The topological polar surface area (TPSA) is 364 Å². The summed E-state index contributed by atoms with van der Waals surface area (Å²) in [7, 11) is 0. The van der Waals surface area contributed by atoms with Crippen LogP contribution in [0.3, 0.4) is 0 Å². The second-order valence-electron chi connectivity index (χ2n) is 32.4. The molecule has 31 heteroatoms. The number of pyridine rings is 4. The number of nitrogen functional groups attached to an aromatic ring is 1. The average Bonchev–Trinajstić information content (AvgIpc) is 1.60. The standard InChI is InChI=1S/C22H23ClN4O3.C22H25ClN4O.C17H24N4O4.C12H22N2O2.C5H3ClN2O2/c23-15-3-1-14(2-4-15)22(9-10-22)21(28)25-16-11-17-5-6-18(12-16)26(17)20-8-7-19(13-24-20)27(29)30;23-15-3-1-14(2-4-15)22(9-10-22)21(28)26-17-11-18-6-7-19(12-17)27(18)20-8-5-16(24)13-25-20;1-17(2,3)25-16(22)19-11-8-12-4-5-13(9-11)20(12)15-7-6-14(10-18-15)21(23)24;1-12(2,3)16-11(15)14-10-6-8-4-5-9(7-10)13-8;6-5-2-1-4(3-7-5)8(9)10/h1-4,7-8,13,16-18H,5-6,9-12H2,(H,25,28);1-5,8,13,17-19H,6-7,9-12,24H2,(H,26,28);6-7,10-13H,4-5,8-9H2,1-3H3,(H,19,22);8-10,13H,4-7H2,1-3H3,(H,14,15);1-3H. The molecule has 10 aliphatic rings. The number of carbonyl (C=O) groups excluding carboxylic acids is 4. The average molecular weight is 1560 g/mol. The monoisotopic (exact) mass is 1550 g/mol. The number of anilines is 4. The number of piperidine rings is 4. The van der Waals surface area contributed by atoms with Crippen LogP contribution in [0.15, 0.2) is 122 Å². The molecule has 2 aromatic carbocycles. The van der Waals surface area contributed by atoms with Gasteiger partial charge < -0.3 is 56.5 Å². The highest BCUT2D eigenvalue weighted by Gasteiger charge is 2.54. The van der Waals surface area contributed by atoms with Crippen molar-refractivity contribution in [3.8, 4) is 0 Å². The molecule has 109 heavy (non-hydrogen) atoms. The highest BCUT2D eigenvalue weighted by molar-refractivity contribution is 6.31. The number of hydrogen-bond donors (Lipinski definition) is 6. The number of alkyl carbamates (subject to hydrolysis) is 2. The van der Waals surface area contributed by atoms with Crippen LogP contribution in [0.2, 0.25) is 15.2 Å². The molecule has 2 aliphatic carbocycles. The SMILES string of the molecule is CC(C)(C)OC(=O)NC1CC2CCC(C1)N2.CC(C)(C)OC(=O)NC1CC2CCC(C1)N2c1ccc([N+](=O)[O-])cn1.Nc1ccc(N2C3CCC2CC(NC(=O)C2(c4ccc(Cl)cc4)CC2)C3)nc1.O=C(NC1CC2CCC(C1)N2c1ccc([N+](=O)[O-])cn1)C1(c2ccc(Cl)cc2)CC1.O=[N+]([O-])c1ccc(Cl)nc1. The van der Waals surface area contributed by atoms with Gasteiger partial charge in [0.2, 0.25) is 11.8 Å². The molecule has 0 radical (unpaired) electrons. The Labute approximate surface area is 648 Å². The lowest BCUT2D eigenvalue weighted by Crippen LogP contribution is -2.52. The molecule has 7 N–H and O–H groups in total. The van der Waals surface area contributed by atoms with Gasteiger partial charge in [-0.3, -0.25) is 39.9 Å². The summed E-state index contributed by atoms with van der Waals surface area (Å²) < 4.78 is 10.6. The summed E-state index contributed by atoms with van der Waals surface area (Å²) in [5, 5.41) is 49.5. The van der Waals surface area contributed by atoms with Crippen LogP contribution in [0.25, 0.3) is 0 Å². The summed E-state index contributed by atoms with van der Waals surface area (Å²) in [5.74, 6) is 2.87. The van der Waals surface area contributed by atoms with Crippen LogP contribution in [0, 0.1) is 30.3 Å². The maximum Gasteiger partial charge on any atom is 0.407 e. The van der Waals surface area contributed by atoms with Crippen LogP contribution < -0.4 is 47.0 Å². The fourth-order valence-electron chi connectivity index (χ4n) is 17.2. The molecule has 582 valence electrons. The molecule has 8 unspecified atom stereocenters. The first-order chi connectivity index (χ1) is 51.9. The Bertz CT molecular complexity index is 4160. The van der Waals surface area contributed by atoms with E-state index in [1.54, 1.807) is 18.3 Å². The van der Waals surface area contributed by atoms with Gasteiger partial charge in [0.25, 0.3) is 17.1 Å². The maximum atomic E-state index is 13.1. The minimum atomic E-state index is -0.524. The number of nitrogens with one attached hydrogen (secondary N) is 5. The number of amides is 4. The van der Waals surface area contributed by atoms with Crippen molar-refractivity contribution >= 4 is 99.0 Å². The van der Waals surface area contributed by atoms with Gasteiger partial charge in [-0.25, -0.2) is 29.5 Å². The van der Waals surface area contributed by atoms with Gasteiger partial charge in [-0.05, 0) is 236 Å². The fraction of sp³-hybridized carbons (Fsp3) is 0.538.